The van der Waals surface area contributed by atoms with Crippen molar-refractivity contribution in [1.82, 2.24) is 5.32 Å². The Balaban J connectivity index is 2.18. The first kappa shape index (κ1) is 24.0. The van der Waals surface area contributed by atoms with Crippen LogP contribution in [-0.2, 0) is 0 Å². The highest BCUT2D eigenvalue weighted by Crippen LogP contribution is 2.51. The highest BCUT2D eigenvalue weighted by atomic mass is 16.5. The lowest BCUT2D eigenvalue weighted by atomic mass is 9.64. The van der Waals surface area contributed by atoms with Crippen LogP contribution in [0.25, 0.3) is 0 Å². The molecule has 0 amide bonds. The lowest BCUT2D eigenvalue weighted by Gasteiger charge is -2.52. The molecule has 1 aliphatic heterocycles. The average molecular weight is 442 g/mol. The van der Waals surface area contributed by atoms with Crippen molar-refractivity contribution in [3.8, 4) is 23.0 Å². The van der Waals surface area contributed by atoms with E-state index >= 15 is 0 Å². The van der Waals surface area contributed by atoms with E-state index in [2.05, 4.69) is 25.7 Å². The first-order valence-electron chi connectivity index (χ1n) is 10.9. The summed E-state index contributed by atoms with van der Waals surface area (Å²) in [7, 11) is 6.59. The molecule has 4 atom stereocenters. The molecule has 1 heterocycles. The number of rotatable bonds is 8. The molecule has 3 rings (SSSR count). The Bertz CT molecular complexity index is 876. The van der Waals surface area contributed by atoms with Crippen molar-refractivity contribution in [3.63, 3.8) is 0 Å². The molecular formula is C26H35NO5. The standard InChI is InChI=1S/C26H35NO5/c1-8-13-26(28)16(2)24(20-14-18(29-4)9-11-22(20)31-6)27-25(17(26)3)21-15-19(30-5)10-12-23(21)32-7/h8-12,14-17,24-25,27-28H,1,13H2,2-7H3/t16-,17-,24+,25+/m0/s1. The second kappa shape index (κ2) is 9.84. The minimum Gasteiger partial charge on any atom is -0.497 e. The Morgan fingerprint density at radius 1 is 0.844 bits per heavy atom. The summed E-state index contributed by atoms with van der Waals surface area (Å²) in [5.41, 5.74) is 0.853. The number of hydrogen-bond acceptors (Lipinski definition) is 6. The van der Waals surface area contributed by atoms with Gasteiger partial charge in [0.1, 0.15) is 23.0 Å². The zero-order valence-electron chi connectivity index (χ0n) is 19.8. The van der Waals surface area contributed by atoms with E-state index < -0.39 is 5.60 Å². The summed E-state index contributed by atoms with van der Waals surface area (Å²) in [6.07, 6.45) is 2.25. The van der Waals surface area contributed by atoms with Gasteiger partial charge >= 0.3 is 0 Å². The summed E-state index contributed by atoms with van der Waals surface area (Å²) in [6.45, 7) is 8.05. The maximum atomic E-state index is 12.0. The zero-order chi connectivity index (χ0) is 23.5. The van der Waals surface area contributed by atoms with Crippen LogP contribution in [0.2, 0.25) is 0 Å². The summed E-state index contributed by atoms with van der Waals surface area (Å²) in [5, 5.41) is 15.8. The van der Waals surface area contributed by atoms with Gasteiger partial charge in [-0.15, -0.1) is 6.58 Å². The third-order valence-corrected chi connectivity index (χ3v) is 6.95. The first-order valence-corrected chi connectivity index (χ1v) is 10.9. The van der Waals surface area contributed by atoms with Crippen molar-refractivity contribution in [1.29, 1.82) is 0 Å². The van der Waals surface area contributed by atoms with Crippen molar-refractivity contribution in [2.24, 2.45) is 11.8 Å². The monoisotopic (exact) mass is 441 g/mol. The molecule has 1 saturated heterocycles. The highest BCUT2D eigenvalue weighted by Gasteiger charge is 2.51. The SMILES string of the molecule is C=CCC1(O)[C@@H](C)[C@H](c2cc(OC)ccc2OC)N[C@@H](c2cc(OC)ccc2OC)[C@@H]1C. The molecule has 0 aromatic heterocycles. The summed E-state index contributed by atoms with van der Waals surface area (Å²) in [4.78, 5) is 0. The summed E-state index contributed by atoms with van der Waals surface area (Å²) >= 11 is 0. The molecule has 32 heavy (non-hydrogen) atoms. The van der Waals surface area contributed by atoms with Gasteiger partial charge in [0, 0.05) is 35.0 Å². The van der Waals surface area contributed by atoms with Gasteiger partial charge in [-0.2, -0.15) is 0 Å². The average Bonchev–Trinajstić information content (AvgIpc) is 2.82. The van der Waals surface area contributed by atoms with Crippen LogP contribution in [0.15, 0.2) is 49.1 Å². The summed E-state index contributed by atoms with van der Waals surface area (Å²) < 4.78 is 22.3. The van der Waals surface area contributed by atoms with Gasteiger partial charge in [-0.3, -0.25) is 0 Å². The molecule has 2 aromatic carbocycles. The van der Waals surface area contributed by atoms with Gasteiger partial charge in [0.05, 0.1) is 34.0 Å². The van der Waals surface area contributed by atoms with Gasteiger partial charge < -0.3 is 29.4 Å². The predicted octanol–water partition coefficient (Wildman–Crippen LogP) is 4.69. The minimum absolute atomic E-state index is 0.135. The number of benzene rings is 2. The largest absolute Gasteiger partial charge is 0.497 e. The number of hydrogen-bond donors (Lipinski definition) is 2. The molecule has 0 aliphatic carbocycles. The second-order valence-corrected chi connectivity index (χ2v) is 8.40. The van der Waals surface area contributed by atoms with Crippen molar-refractivity contribution >= 4 is 0 Å². The van der Waals surface area contributed by atoms with Crippen LogP contribution >= 0.6 is 0 Å². The third-order valence-electron chi connectivity index (χ3n) is 6.95. The number of nitrogens with one attached hydrogen (secondary N) is 1. The van der Waals surface area contributed by atoms with E-state index in [0.717, 1.165) is 34.1 Å². The molecule has 0 radical (unpaired) electrons. The maximum absolute atomic E-state index is 12.0. The van der Waals surface area contributed by atoms with Gasteiger partial charge in [0.25, 0.3) is 0 Å². The molecule has 1 aliphatic rings. The van der Waals surface area contributed by atoms with E-state index in [0.29, 0.717) is 6.42 Å². The molecule has 174 valence electrons. The lowest BCUT2D eigenvalue weighted by molar-refractivity contribution is -0.108. The molecule has 0 spiro atoms. The van der Waals surface area contributed by atoms with Crippen LogP contribution in [-0.4, -0.2) is 39.1 Å². The molecule has 0 unspecified atom stereocenters. The van der Waals surface area contributed by atoms with E-state index in [1.165, 1.54) is 0 Å². The second-order valence-electron chi connectivity index (χ2n) is 8.40. The van der Waals surface area contributed by atoms with Crippen molar-refractivity contribution in [2.45, 2.75) is 38.0 Å². The van der Waals surface area contributed by atoms with Crippen LogP contribution < -0.4 is 24.3 Å². The van der Waals surface area contributed by atoms with Gasteiger partial charge in [-0.05, 0) is 42.8 Å². The van der Waals surface area contributed by atoms with Crippen LogP contribution in [0.4, 0.5) is 0 Å². The van der Waals surface area contributed by atoms with Crippen LogP contribution in [0, 0.1) is 11.8 Å². The Hall–Kier alpha value is -2.70. The number of aliphatic hydroxyl groups is 1. The number of piperidine rings is 1. The lowest BCUT2D eigenvalue weighted by Crippen LogP contribution is -2.57. The van der Waals surface area contributed by atoms with Gasteiger partial charge in [-0.1, -0.05) is 19.9 Å². The Morgan fingerprint density at radius 3 is 1.62 bits per heavy atom. The van der Waals surface area contributed by atoms with Crippen molar-refractivity contribution < 1.29 is 24.1 Å². The first-order chi connectivity index (χ1) is 15.3. The summed E-state index contributed by atoms with van der Waals surface area (Å²) in [5.74, 6) is 2.67. The minimum atomic E-state index is -1.01. The van der Waals surface area contributed by atoms with E-state index in [4.69, 9.17) is 18.9 Å². The quantitative estimate of drug-likeness (QED) is 0.580. The molecular weight excluding hydrogens is 406 g/mol. The maximum Gasteiger partial charge on any atom is 0.123 e. The topological polar surface area (TPSA) is 69.2 Å². The Labute approximate surface area is 191 Å². The number of methoxy groups -OCH3 is 4. The van der Waals surface area contributed by atoms with E-state index in [1.54, 1.807) is 34.5 Å². The van der Waals surface area contributed by atoms with E-state index in [1.807, 2.05) is 36.4 Å². The Kier molecular flexibility index (Phi) is 7.36. The van der Waals surface area contributed by atoms with Crippen LogP contribution in [0.1, 0.15) is 43.5 Å². The van der Waals surface area contributed by atoms with Crippen molar-refractivity contribution in [3.05, 3.63) is 60.2 Å². The van der Waals surface area contributed by atoms with Gasteiger partial charge in [-0.25, -0.2) is 0 Å². The Morgan fingerprint density at radius 2 is 1.28 bits per heavy atom. The predicted molar refractivity (Wildman–Crippen MR) is 126 cm³/mol. The molecule has 6 heteroatoms. The van der Waals surface area contributed by atoms with E-state index in [9.17, 15) is 5.11 Å². The van der Waals surface area contributed by atoms with Gasteiger partial charge in [0.2, 0.25) is 0 Å². The molecule has 0 bridgehead atoms. The zero-order valence-corrected chi connectivity index (χ0v) is 19.8. The molecule has 2 aromatic rings. The van der Waals surface area contributed by atoms with Crippen LogP contribution in [0.5, 0.6) is 23.0 Å². The molecule has 1 fully saturated rings. The number of ether oxygens (including phenoxy) is 4. The molecule has 2 N–H and O–H groups in total. The highest BCUT2D eigenvalue weighted by molar-refractivity contribution is 5.46. The summed E-state index contributed by atoms with van der Waals surface area (Å²) in [6, 6.07) is 11.1. The normalized spacial score (nSPS) is 27.5. The third kappa shape index (κ3) is 4.17. The van der Waals surface area contributed by atoms with E-state index in [-0.39, 0.29) is 23.9 Å². The molecule has 6 nitrogen and oxygen atoms in total. The fourth-order valence-electron chi connectivity index (χ4n) is 4.96. The fourth-order valence-corrected chi connectivity index (χ4v) is 4.96. The molecule has 0 saturated carbocycles. The van der Waals surface area contributed by atoms with Crippen LogP contribution in [0.3, 0.4) is 0 Å². The fraction of sp³-hybridized carbons (Fsp3) is 0.462. The smallest absolute Gasteiger partial charge is 0.123 e. The van der Waals surface area contributed by atoms with Gasteiger partial charge in [0.15, 0.2) is 0 Å². The van der Waals surface area contributed by atoms with Crippen molar-refractivity contribution in [2.75, 3.05) is 28.4 Å².